The Bertz CT molecular complexity index is 1490. The van der Waals surface area contributed by atoms with Gasteiger partial charge in [-0.05, 0) is 68.7 Å². The smallest absolute Gasteiger partial charge is 0.253 e. The molecule has 2 N–H and O–H groups in total. The zero-order chi connectivity index (χ0) is 26.4. The van der Waals surface area contributed by atoms with Gasteiger partial charge in [-0.2, -0.15) is 10.2 Å². The number of aryl methyl sites for hydroxylation is 3. The number of carbonyl (C=O) groups is 1. The lowest BCUT2D eigenvalue weighted by molar-refractivity contribution is 0.0939. The number of hydrogen-bond donors (Lipinski definition) is 2. The number of hydrogen-bond acceptors (Lipinski definition) is 6. The van der Waals surface area contributed by atoms with Crippen molar-refractivity contribution in [2.45, 2.75) is 51.9 Å². The van der Waals surface area contributed by atoms with E-state index in [0.717, 1.165) is 65.4 Å². The van der Waals surface area contributed by atoms with Crippen LogP contribution in [0.4, 0.5) is 5.69 Å². The molecule has 1 aromatic carbocycles. The predicted octanol–water partition coefficient (Wildman–Crippen LogP) is 3.72. The average Bonchev–Trinajstić information content (AvgIpc) is 3.73. The van der Waals surface area contributed by atoms with E-state index < -0.39 is 0 Å². The van der Waals surface area contributed by atoms with Gasteiger partial charge in [-0.1, -0.05) is 0 Å². The highest BCUT2D eigenvalue weighted by Gasteiger charge is 2.38. The fraction of sp³-hybridized carbons (Fsp3) is 0.379. The SMILES string of the molecule is CCn1ccc(-c2cc(-c3cnn(C)c3)cc([C@@H](C)NC(=O)c3cc(N4C[C@H]5C[C@@H]4CN5)cnc3C)c2)n1. The van der Waals surface area contributed by atoms with Gasteiger partial charge in [0.2, 0.25) is 0 Å². The second-order valence-corrected chi connectivity index (χ2v) is 10.5. The van der Waals surface area contributed by atoms with Crippen LogP contribution in [0.25, 0.3) is 22.4 Å². The maximum absolute atomic E-state index is 13.5. The molecule has 2 bridgehead atoms. The van der Waals surface area contributed by atoms with Crippen LogP contribution in [0.3, 0.4) is 0 Å². The molecule has 4 aromatic rings. The van der Waals surface area contributed by atoms with Crippen molar-refractivity contribution in [3.8, 4) is 22.4 Å². The average molecular weight is 511 g/mol. The van der Waals surface area contributed by atoms with Crippen molar-refractivity contribution < 1.29 is 4.79 Å². The van der Waals surface area contributed by atoms with Gasteiger partial charge in [-0.3, -0.25) is 19.1 Å². The molecule has 3 atom stereocenters. The molecule has 3 aromatic heterocycles. The maximum Gasteiger partial charge on any atom is 0.253 e. The van der Waals surface area contributed by atoms with Crippen LogP contribution in [0, 0.1) is 6.92 Å². The zero-order valence-electron chi connectivity index (χ0n) is 22.3. The third-order valence-electron chi connectivity index (χ3n) is 7.81. The Morgan fingerprint density at radius 2 is 2.03 bits per heavy atom. The summed E-state index contributed by atoms with van der Waals surface area (Å²) >= 11 is 0. The molecule has 2 saturated heterocycles. The lowest BCUT2D eigenvalue weighted by Gasteiger charge is -2.29. The summed E-state index contributed by atoms with van der Waals surface area (Å²) in [5, 5.41) is 15.8. The van der Waals surface area contributed by atoms with Gasteiger partial charge in [0.15, 0.2) is 0 Å². The Balaban J connectivity index is 1.29. The molecule has 0 radical (unpaired) electrons. The van der Waals surface area contributed by atoms with E-state index in [4.69, 9.17) is 5.10 Å². The molecule has 6 rings (SSSR count). The number of nitrogens with one attached hydrogen (secondary N) is 2. The first-order valence-electron chi connectivity index (χ1n) is 13.3. The van der Waals surface area contributed by atoms with Crippen molar-refractivity contribution in [2.24, 2.45) is 7.05 Å². The van der Waals surface area contributed by atoms with E-state index in [9.17, 15) is 4.79 Å². The summed E-state index contributed by atoms with van der Waals surface area (Å²) in [7, 11) is 1.91. The van der Waals surface area contributed by atoms with Crippen LogP contribution in [-0.2, 0) is 13.6 Å². The van der Waals surface area contributed by atoms with Gasteiger partial charge < -0.3 is 15.5 Å². The molecule has 5 heterocycles. The highest BCUT2D eigenvalue weighted by atomic mass is 16.1. The molecule has 2 aliphatic rings. The molecule has 9 heteroatoms. The van der Waals surface area contributed by atoms with Crippen LogP contribution in [0.15, 0.2) is 55.1 Å². The van der Waals surface area contributed by atoms with Crippen LogP contribution in [0.5, 0.6) is 0 Å². The van der Waals surface area contributed by atoms with Crippen LogP contribution in [0.2, 0.25) is 0 Å². The molecular weight excluding hydrogens is 476 g/mol. The highest BCUT2D eigenvalue weighted by molar-refractivity contribution is 5.96. The summed E-state index contributed by atoms with van der Waals surface area (Å²) < 4.78 is 3.71. The summed E-state index contributed by atoms with van der Waals surface area (Å²) in [4.78, 5) is 20.5. The van der Waals surface area contributed by atoms with E-state index >= 15 is 0 Å². The lowest BCUT2D eigenvalue weighted by Crippen LogP contribution is -2.43. The van der Waals surface area contributed by atoms with Gasteiger partial charge in [0.1, 0.15) is 0 Å². The van der Waals surface area contributed by atoms with E-state index in [-0.39, 0.29) is 11.9 Å². The quantitative estimate of drug-likeness (QED) is 0.394. The number of piperazine rings is 1. The van der Waals surface area contributed by atoms with Gasteiger partial charge in [0.25, 0.3) is 5.91 Å². The Morgan fingerprint density at radius 1 is 1.18 bits per heavy atom. The Hall–Kier alpha value is -3.98. The summed E-state index contributed by atoms with van der Waals surface area (Å²) in [5.74, 6) is -0.115. The normalized spacial score (nSPS) is 19.2. The standard InChI is InChI=1S/C29H34N8O/c1-5-36-7-6-28(34-36)22-9-20(8-21(10-22)23-13-32-35(4)16-23)18(2)33-29(38)27-12-26(14-30-19(27)3)37-17-24-11-25(37)15-31-24/h6-10,12-14,16,18,24-25,31H,5,11,15,17H2,1-4H3,(H,33,38)/t18-,24-,25-/m1/s1. The Morgan fingerprint density at radius 3 is 2.71 bits per heavy atom. The molecule has 1 amide bonds. The molecule has 2 aliphatic heterocycles. The minimum absolute atomic E-state index is 0.115. The van der Waals surface area contributed by atoms with E-state index in [0.29, 0.717) is 17.6 Å². The van der Waals surface area contributed by atoms with Crippen LogP contribution >= 0.6 is 0 Å². The third-order valence-corrected chi connectivity index (χ3v) is 7.81. The molecule has 38 heavy (non-hydrogen) atoms. The molecule has 0 unspecified atom stereocenters. The zero-order valence-corrected chi connectivity index (χ0v) is 22.3. The summed E-state index contributed by atoms with van der Waals surface area (Å²) in [6.45, 7) is 8.75. The number of pyridine rings is 1. The highest BCUT2D eigenvalue weighted by Crippen LogP contribution is 2.32. The van der Waals surface area contributed by atoms with Crippen molar-refractivity contribution in [3.05, 3.63) is 71.9 Å². The van der Waals surface area contributed by atoms with Gasteiger partial charge >= 0.3 is 0 Å². The maximum atomic E-state index is 13.5. The van der Waals surface area contributed by atoms with E-state index in [1.807, 2.05) is 62.5 Å². The number of benzene rings is 1. The van der Waals surface area contributed by atoms with Crippen LogP contribution < -0.4 is 15.5 Å². The molecule has 0 saturated carbocycles. The molecule has 2 fully saturated rings. The Labute approximate surface area is 222 Å². The van der Waals surface area contributed by atoms with Gasteiger partial charge in [-0.15, -0.1) is 0 Å². The second-order valence-electron chi connectivity index (χ2n) is 10.5. The third kappa shape index (κ3) is 4.58. The summed E-state index contributed by atoms with van der Waals surface area (Å²) in [5.41, 5.74) is 7.35. The minimum atomic E-state index is -0.221. The number of amides is 1. The lowest BCUT2D eigenvalue weighted by atomic mass is 9.97. The molecule has 196 valence electrons. The monoisotopic (exact) mass is 510 g/mol. The number of anilines is 1. The first-order valence-corrected chi connectivity index (χ1v) is 13.3. The largest absolute Gasteiger partial charge is 0.364 e. The van der Waals surface area contributed by atoms with Crippen molar-refractivity contribution in [3.63, 3.8) is 0 Å². The number of rotatable bonds is 7. The van der Waals surface area contributed by atoms with E-state index in [2.05, 4.69) is 50.7 Å². The minimum Gasteiger partial charge on any atom is -0.364 e. The number of fused-ring (bicyclic) bond motifs is 2. The molecular formula is C29H34N8O. The predicted molar refractivity (Wildman–Crippen MR) is 148 cm³/mol. The van der Waals surface area contributed by atoms with E-state index in [1.165, 1.54) is 0 Å². The number of nitrogens with zero attached hydrogens (tertiary/aromatic N) is 6. The van der Waals surface area contributed by atoms with Gasteiger partial charge in [-0.25, -0.2) is 0 Å². The fourth-order valence-corrected chi connectivity index (χ4v) is 5.62. The first-order chi connectivity index (χ1) is 18.4. The second kappa shape index (κ2) is 9.72. The Kier molecular flexibility index (Phi) is 6.23. The van der Waals surface area contributed by atoms with Gasteiger partial charge in [0, 0.05) is 62.3 Å². The topological polar surface area (TPSA) is 92.9 Å². The van der Waals surface area contributed by atoms with Crippen molar-refractivity contribution in [1.29, 1.82) is 0 Å². The van der Waals surface area contributed by atoms with Crippen molar-refractivity contribution in [1.82, 2.24) is 35.2 Å². The summed E-state index contributed by atoms with van der Waals surface area (Å²) in [6.07, 6.45) is 8.89. The van der Waals surface area contributed by atoms with Gasteiger partial charge in [0.05, 0.1) is 41.1 Å². The van der Waals surface area contributed by atoms with Crippen molar-refractivity contribution >= 4 is 11.6 Å². The molecule has 0 spiro atoms. The van der Waals surface area contributed by atoms with Crippen molar-refractivity contribution in [2.75, 3.05) is 18.0 Å². The van der Waals surface area contributed by atoms with E-state index in [1.54, 1.807) is 4.68 Å². The molecule has 9 nitrogen and oxygen atoms in total. The molecule has 0 aliphatic carbocycles. The number of aromatic nitrogens is 5. The first kappa shape index (κ1) is 24.4. The number of carbonyl (C=O) groups excluding carboxylic acids is 1. The summed E-state index contributed by atoms with van der Waals surface area (Å²) in [6, 6.07) is 11.2. The van der Waals surface area contributed by atoms with Crippen LogP contribution in [0.1, 0.15) is 47.9 Å². The van der Waals surface area contributed by atoms with Crippen LogP contribution in [-0.4, -0.2) is 55.6 Å². The fourth-order valence-electron chi connectivity index (χ4n) is 5.62.